The van der Waals surface area contributed by atoms with Crippen molar-refractivity contribution in [1.82, 2.24) is 10.2 Å². The Balaban J connectivity index is 2.05. The number of hydrogen-bond acceptors (Lipinski definition) is 2. The van der Waals surface area contributed by atoms with Gasteiger partial charge in [-0.25, -0.2) is 4.79 Å². The van der Waals surface area contributed by atoms with E-state index in [1.165, 1.54) is 12.8 Å². The van der Waals surface area contributed by atoms with Gasteiger partial charge in [0.15, 0.2) is 0 Å². The molecule has 0 bridgehead atoms. The van der Waals surface area contributed by atoms with Crippen LogP contribution >= 0.6 is 0 Å². The van der Waals surface area contributed by atoms with Crippen molar-refractivity contribution >= 4 is 11.9 Å². The first-order valence-corrected chi connectivity index (χ1v) is 4.83. The van der Waals surface area contributed by atoms with E-state index in [-0.39, 0.29) is 24.5 Å². The zero-order valence-electron chi connectivity index (χ0n) is 7.75. The normalized spacial score (nSPS) is 24.8. The van der Waals surface area contributed by atoms with E-state index in [4.69, 9.17) is 0 Å². The molecule has 3 amide bonds. The fraction of sp³-hybridized carbons (Fsp3) is 0.778. The second-order valence-corrected chi connectivity index (χ2v) is 3.79. The van der Waals surface area contributed by atoms with Crippen LogP contribution in [-0.4, -0.2) is 29.4 Å². The number of nitrogens with one attached hydrogen (secondary N) is 1. The minimum absolute atomic E-state index is 0.163. The Morgan fingerprint density at radius 2 is 2.23 bits per heavy atom. The van der Waals surface area contributed by atoms with Crippen LogP contribution in [0.1, 0.15) is 26.2 Å². The highest BCUT2D eigenvalue weighted by molar-refractivity contribution is 6.02. The molecule has 0 aromatic heterocycles. The summed E-state index contributed by atoms with van der Waals surface area (Å²) in [6, 6.07) is 0.0789. The van der Waals surface area contributed by atoms with Crippen molar-refractivity contribution in [3.05, 3.63) is 0 Å². The summed E-state index contributed by atoms with van der Waals surface area (Å²) in [6.07, 6.45) is 3.36. The second kappa shape index (κ2) is 3.01. The van der Waals surface area contributed by atoms with Gasteiger partial charge in [-0.05, 0) is 25.2 Å². The first-order valence-electron chi connectivity index (χ1n) is 4.83. The van der Waals surface area contributed by atoms with Gasteiger partial charge in [0.1, 0.15) is 6.54 Å². The number of urea groups is 1. The molecule has 0 spiro atoms. The highest BCUT2D eigenvalue weighted by Gasteiger charge is 2.40. The van der Waals surface area contributed by atoms with Crippen LogP contribution in [0.15, 0.2) is 0 Å². The lowest BCUT2D eigenvalue weighted by Crippen LogP contribution is -2.38. The fourth-order valence-corrected chi connectivity index (χ4v) is 2.01. The van der Waals surface area contributed by atoms with E-state index in [0.29, 0.717) is 5.92 Å². The maximum atomic E-state index is 11.3. The Morgan fingerprint density at radius 1 is 1.54 bits per heavy atom. The Hall–Kier alpha value is -1.06. The topological polar surface area (TPSA) is 49.4 Å². The third-order valence-corrected chi connectivity index (χ3v) is 2.81. The molecule has 72 valence electrons. The summed E-state index contributed by atoms with van der Waals surface area (Å²) < 4.78 is 0. The summed E-state index contributed by atoms with van der Waals surface area (Å²) in [7, 11) is 0. The van der Waals surface area contributed by atoms with Gasteiger partial charge in [-0.3, -0.25) is 10.1 Å². The van der Waals surface area contributed by atoms with Gasteiger partial charge in [-0.1, -0.05) is 6.92 Å². The van der Waals surface area contributed by atoms with E-state index in [9.17, 15) is 9.59 Å². The molecule has 1 atom stereocenters. The minimum Gasteiger partial charge on any atom is -0.312 e. The molecule has 1 heterocycles. The molecule has 0 radical (unpaired) electrons. The summed E-state index contributed by atoms with van der Waals surface area (Å²) >= 11 is 0. The summed E-state index contributed by atoms with van der Waals surface area (Å²) in [5.74, 6) is 0.478. The van der Waals surface area contributed by atoms with Crippen molar-refractivity contribution in [3.63, 3.8) is 0 Å². The third-order valence-electron chi connectivity index (χ3n) is 2.81. The number of rotatable bonds is 3. The van der Waals surface area contributed by atoms with Crippen LogP contribution in [0.25, 0.3) is 0 Å². The molecule has 0 aromatic rings. The highest BCUT2D eigenvalue weighted by atomic mass is 16.2. The van der Waals surface area contributed by atoms with Crippen LogP contribution in [0.2, 0.25) is 0 Å². The van der Waals surface area contributed by atoms with E-state index in [2.05, 4.69) is 12.2 Å². The Kier molecular flexibility index (Phi) is 1.98. The van der Waals surface area contributed by atoms with Crippen molar-refractivity contribution < 1.29 is 9.59 Å². The van der Waals surface area contributed by atoms with Gasteiger partial charge in [-0.2, -0.15) is 0 Å². The van der Waals surface area contributed by atoms with Gasteiger partial charge < -0.3 is 4.90 Å². The van der Waals surface area contributed by atoms with Crippen LogP contribution in [0.5, 0.6) is 0 Å². The number of hydrogen-bond donors (Lipinski definition) is 1. The van der Waals surface area contributed by atoms with E-state index >= 15 is 0 Å². The molecular formula is C9H14N2O2. The van der Waals surface area contributed by atoms with Crippen molar-refractivity contribution in [2.45, 2.75) is 32.2 Å². The molecule has 1 saturated heterocycles. The maximum absolute atomic E-state index is 11.3. The molecule has 1 N–H and O–H groups in total. The minimum atomic E-state index is -0.205. The standard InChI is InChI=1S/C9H14N2O2/c1-2-7(6-3-4-6)11-5-8(12)10-9(11)13/h6-7H,2-5H2,1H3,(H,10,12,13). The van der Waals surface area contributed by atoms with Crippen molar-refractivity contribution in [2.24, 2.45) is 5.92 Å². The number of nitrogens with zero attached hydrogens (tertiary/aromatic N) is 1. The van der Waals surface area contributed by atoms with Crippen molar-refractivity contribution in [1.29, 1.82) is 0 Å². The summed E-state index contributed by atoms with van der Waals surface area (Å²) in [4.78, 5) is 23.9. The Morgan fingerprint density at radius 3 is 2.62 bits per heavy atom. The molecule has 13 heavy (non-hydrogen) atoms. The predicted molar refractivity (Wildman–Crippen MR) is 47.0 cm³/mol. The first kappa shape index (κ1) is 8.53. The van der Waals surface area contributed by atoms with Crippen molar-refractivity contribution in [2.75, 3.05) is 6.54 Å². The number of imide groups is 1. The average Bonchev–Trinajstić information content (AvgIpc) is 2.82. The lowest BCUT2D eigenvalue weighted by Gasteiger charge is -2.24. The zero-order valence-corrected chi connectivity index (χ0v) is 7.75. The van der Waals surface area contributed by atoms with Gasteiger partial charge in [0.2, 0.25) is 5.91 Å². The van der Waals surface area contributed by atoms with Gasteiger partial charge in [0, 0.05) is 6.04 Å². The highest BCUT2D eigenvalue weighted by Crippen LogP contribution is 2.37. The van der Waals surface area contributed by atoms with Gasteiger partial charge in [0.25, 0.3) is 0 Å². The van der Waals surface area contributed by atoms with Gasteiger partial charge in [-0.15, -0.1) is 0 Å². The van der Waals surface area contributed by atoms with Gasteiger partial charge in [0.05, 0.1) is 0 Å². The van der Waals surface area contributed by atoms with Crippen LogP contribution in [0.3, 0.4) is 0 Å². The van der Waals surface area contributed by atoms with Crippen LogP contribution < -0.4 is 5.32 Å². The monoisotopic (exact) mass is 182 g/mol. The first-order chi connectivity index (χ1) is 6.22. The van der Waals surface area contributed by atoms with Crippen LogP contribution in [0, 0.1) is 5.92 Å². The molecule has 0 aromatic carbocycles. The predicted octanol–water partition coefficient (Wildman–Crippen LogP) is 0.727. The lowest BCUT2D eigenvalue weighted by atomic mass is 10.1. The number of amides is 3. The SMILES string of the molecule is CCC(C1CC1)N1CC(=O)NC1=O. The summed E-state index contributed by atoms with van der Waals surface area (Å²) in [5.41, 5.74) is 0. The molecular weight excluding hydrogens is 168 g/mol. The molecule has 2 aliphatic rings. The largest absolute Gasteiger partial charge is 0.324 e. The average molecular weight is 182 g/mol. The van der Waals surface area contributed by atoms with E-state index < -0.39 is 0 Å². The van der Waals surface area contributed by atoms with E-state index in [1.54, 1.807) is 4.90 Å². The molecule has 4 heteroatoms. The molecule has 1 aliphatic heterocycles. The van der Waals surface area contributed by atoms with E-state index in [0.717, 1.165) is 6.42 Å². The number of carbonyl (C=O) groups is 2. The van der Waals surface area contributed by atoms with Gasteiger partial charge >= 0.3 is 6.03 Å². The van der Waals surface area contributed by atoms with Crippen molar-refractivity contribution in [3.8, 4) is 0 Å². The molecule has 2 rings (SSSR count). The second-order valence-electron chi connectivity index (χ2n) is 3.79. The molecule has 2 fully saturated rings. The number of carbonyl (C=O) groups excluding carboxylic acids is 2. The van der Waals surface area contributed by atoms with E-state index in [1.807, 2.05) is 0 Å². The van der Waals surface area contributed by atoms with Crippen LogP contribution in [-0.2, 0) is 4.79 Å². The Labute approximate surface area is 77.3 Å². The fourth-order valence-electron chi connectivity index (χ4n) is 2.01. The third kappa shape index (κ3) is 1.53. The summed E-state index contributed by atoms with van der Waals surface area (Å²) in [6.45, 7) is 2.33. The maximum Gasteiger partial charge on any atom is 0.324 e. The smallest absolute Gasteiger partial charge is 0.312 e. The molecule has 1 aliphatic carbocycles. The molecule has 4 nitrogen and oxygen atoms in total. The molecule has 1 saturated carbocycles. The van der Waals surface area contributed by atoms with Crippen LogP contribution in [0.4, 0.5) is 4.79 Å². The zero-order chi connectivity index (χ0) is 9.42. The quantitative estimate of drug-likeness (QED) is 0.654. The summed E-state index contributed by atoms with van der Waals surface area (Å²) in [5, 5.41) is 2.31. The molecule has 1 unspecified atom stereocenters. The lowest BCUT2D eigenvalue weighted by molar-refractivity contribution is -0.118. The Bertz CT molecular complexity index is 248.